The van der Waals surface area contributed by atoms with Gasteiger partial charge in [0.2, 0.25) is 5.91 Å². The molecule has 1 rings (SSSR count). The van der Waals surface area contributed by atoms with Gasteiger partial charge in [0.15, 0.2) is 0 Å². The van der Waals surface area contributed by atoms with Gasteiger partial charge in [0.1, 0.15) is 0 Å². The summed E-state index contributed by atoms with van der Waals surface area (Å²) in [6.45, 7) is 6.86. The van der Waals surface area contributed by atoms with Crippen LogP contribution in [0.4, 0.5) is 0 Å². The summed E-state index contributed by atoms with van der Waals surface area (Å²) < 4.78 is 5.10. The number of ether oxygens (including phenoxy) is 1. The molecule has 0 radical (unpaired) electrons. The zero-order chi connectivity index (χ0) is 13.4. The number of hydrogen-bond acceptors (Lipinski definition) is 3. The average Bonchev–Trinajstić information content (AvgIpc) is 2.37. The maximum atomic E-state index is 11.4. The van der Waals surface area contributed by atoms with Crippen molar-refractivity contribution in [3.8, 4) is 0 Å². The topological polar surface area (TPSA) is 50.7 Å². The van der Waals surface area contributed by atoms with E-state index in [1.807, 2.05) is 45.0 Å². The first-order valence-electron chi connectivity index (χ1n) is 6.11. The lowest BCUT2D eigenvalue weighted by atomic mass is 10.1. The van der Waals surface area contributed by atoms with Crippen LogP contribution in [-0.4, -0.2) is 24.8 Å². The van der Waals surface area contributed by atoms with Crippen molar-refractivity contribution in [1.29, 1.82) is 0 Å². The summed E-state index contributed by atoms with van der Waals surface area (Å²) in [6.07, 6.45) is 0.332. The summed E-state index contributed by atoms with van der Waals surface area (Å²) in [5.74, 6) is -0.130. The summed E-state index contributed by atoms with van der Waals surface area (Å²) in [5, 5.41) is 4.06. The van der Waals surface area contributed by atoms with E-state index in [1.165, 1.54) is 5.56 Å². The van der Waals surface area contributed by atoms with E-state index in [0.29, 0.717) is 19.6 Å². The minimum atomic E-state index is -0.130. The van der Waals surface area contributed by atoms with Crippen molar-refractivity contribution in [3.05, 3.63) is 35.4 Å². The molecule has 0 unspecified atom stereocenters. The second-order valence-electron chi connectivity index (χ2n) is 4.05. The van der Waals surface area contributed by atoms with Crippen LogP contribution in [0.1, 0.15) is 31.4 Å². The first-order chi connectivity index (χ1) is 8.63. The maximum absolute atomic E-state index is 11.4. The molecule has 0 aliphatic heterocycles. The number of amides is 1. The first kappa shape index (κ1) is 14.4. The van der Waals surface area contributed by atoms with Crippen molar-refractivity contribution in [3.63, 3.8) is 0 Å². The fourth-order valence-corrected chi connectivity index (χ4v) is 1.37. The standard InChI is InChI=1S/C14H20N2O2/c1-4-18-10-9-14(17)16-15-12(3)13-7-5-11(2)6-8-13/h5-8H,4,9-10H2,1-3H3,(H,16,17)/b15-12+. The summed E-state index contributed by atoms with van der Waals surface area (Å²) in [7, 11) is 0. The lowest BCUT2D eigenvalue weighted by Gasteiger charge is -2.03. The van der Waals surface area contributed by atoms with Crippen LogP contribution in [0.3, 0.4) is 0 Å². The normalized spacial score (nSPS) is 11.4. The number of nitrogens with zero attached hydrogens (tertiary/aromatic N) is 1. The quantitative estimate of drug-likeness (QED) is 0.477. The fourth-order valence-electron chi connectivity index (χ4n) is 1.37. The van der Waals surface area contributed by atoms with Crippen LogP contribution >= 0.6 is 0 Å². The van der Waals surface area contributed by atoms with Crippen LogP contribution < -0.4 is 5.43 Å². The molecule has 0 aliphatic carbocycles. The molecule has 1 N–H and O–H groups in total. The highest BCUT2D eigenvalue weighted by molar-refractivity contribution is 5.99. The van der Waals surface area contributed by atoms with Gasteiger partial charge in [-0.25, -0.2) is 5.43 Å². The van der Waals surface area contributed by atoms with E-state index < -0.39 is 0 Å². The van der Waals surface area contributed by atoms with Gasteiger partial charge < -0.3 is 4.74 Å². The monoisotopic (exact) mass is 248 g/mol. The van der Waals surface area contributed by atoms with E-state index in [-0.39, 0.29) is 5.91 Å². The maximum Gasteiger partial charge on any atom is 0.242 e. The number of aryl methyl sites for hydroxylation is 1. The number of rotatable bonds is 6. The van der Waals surface area contributed by atoms with Crippen molar-refractivity contribution in [1.82, 2.24) is 5.43 Å². The number of carbonyl (C=O) groups is 1. The minimum Gasteiger partial charge on any atom is -0.381 e. The molecule has 0 spiro atoms. The van der Waals surface area contributed by atoms with E-state index in [1.54, 1.807) is 0 Å². The van der Waals surface area contributed by atoms with Gasteiger partial charge in [0.05, 0.1) is 18.7 Å². The minimum absolute atomic E-state index is 0.130. The first-order valence-corrected chi connectivity index (χ1v) is 6.11. The highest BCUT2D eigenvalue weighted by Crippen LogP contribution is 2.04. The van der Waals surface area contributed by atoms with E-state index in [0.717, 1.165) is 11.3 Å². The van der Waals surface area contributed by atoms with E-state index in [2.05, 4.69) is 10.5 Å². The Morgan fingerprint density at radius 1 is 1.33 bits per heavy atom. The predicted molar refractivity (Wildman–Crippen MR) is 72.6 cm³/mol. The van der Waals surface area contributed by atoms with Crippen LogP contribution in [-0.2, 0) is 9.53 Å². The third kappa shape index (κ3) is 5.10. The molecule has 18 heavy (non-hydrogen) atoms. The molecule has 0 saturated carbocycles. The fraction of sp³-hybridized carbons (Fsp3) is 0.429. The highest BCUT2D eigenvalue weighted by Gasteiger charge is 2.01. The van der Waals surface area contributed by atoms with Gasteiger partial charge in [-0.2, -0.15) is 5.10 Å². The summed E-state index contributed by atoms with van der Waals surface area (Å²) in [6, 6.07) is 8.01. The molecular formula is C14H20N2O2. The Morgan fingerprint density at radius 3 is 2.61 bits per heavy atom. The molecule has 4 heteroatoms. The van der Waals surface area contributed by atoms with Crippen LogP contribution in [0, 0.1) is 6.92 Å². The smallest absolute Gasteiger partial charge is 0.242 e. The second kappa shape index (κ2) is 7.61. The van der Waals surface area contributed by atoms with Crippen molar-refractivity contribution in [2.24, 2.45) is 5.10 Å². The molecule has 0 atom stereocenters. The Morgan fingerprint density at radius 2 is 2.00 bits per heavy atom. The molecule has 0 aliphatic rings. The van der Waals surface area contributed by atoms with Gasteiger partial charge in [-0.05, 0) is 26.3 Å². The molecule has 0 heterocycles. The number of nitrogens with one attached hydrogen (secondary N) is 1. The van der Waals surface area contributed by atoms with Crippen molar-refractivity contribution < 1.29 is 9.53 Å². The Bertz CT molecular complexity index is 410. The van der Waals surface area contributed by atoms with Gasteiger partial charge in [-0.1, -0.05) is 29.8 Å². The van der Waals surface area contributed by atoms with Gasteiger partial charge in [-0.3, -0.25) is 4.79 Å². The Balaban J connectivity index is 2.46. The van der Waals surface area contributed by atoms with Gasteiger partial charge in [0.25, 0.3) is 0 Å². The number of hydrogen-bond donors (Lipinski definition) is 1. The van der Waals surface area contributed by atoms with Gasteiger partial charge in [-0.15, -0.1) is 0 Å². The number of carbonyl (C=O) groups excluding carboxylic acids is 1. The van der Waals surface area contributed by atoms with Crippen LogP contribution in [0.2, 0.25) is 0 Å². The van der Waals surface area contributed by atoms with Crippen molar-refractivity contribution >= 4 is 11.6 Å². The molecule has 0 fully saturated rings. The van der Waals surface area contributed by atoms with Crippen LogP contribution in [0.15, 0.2) is 29.4 Å². The molecular weight excluding hydrogens is 228 g/mol. The molecule has 1 aromatic carbocycles. The number of benzene rings is 1. The highest BCUT2D eigenvalue weighted by atomic mass is 16.5. The molecule has 1 aromatic rings. The molecule has 1 amide bonds. The molecule has 4 nitrogen and oxygen atoms in total. The third-order valence-corrected chi connectivity index (χ3v) is 2.50. The molecule has 0 aromatic heterocycles. The summed E-state index contributed by atoms with van der Waals surface area (Å²) in [5.41, 5.74) is 5.52. The van der Waals surface area contributed by atoms with Gasteiger partial charge >= 0.3 is 0 Å². The van der Waals surface area contributed by atoms with Crippen molar-refractivity contribution in [2.45, 2.75) is 27.2 Å². The zero-order valence-electron chi connectivity index (χ0n) is 11.2. The van der Waals surface area contributed by atoms with E-state index >= 15 is 0 Å². The predicted octanol–water partition coefficient (Wildman–Crippen LogP) is 2.26. The van der Waals surface area contributed by atoms with E-state index in [4.69, 9.17) is 4.74 Å². The Hall–Kier alpha value is -1.68. The summed E-state index contributed by atoms with van der Waals surface area (Å²) >= 11 is 0. The second-order valence-corrected chi connectivity index (χ2v) is 4.05. The largest absolute Gasteiger partial charge is 0.381 e. The molecule has 0 saturated heterocycles. The SMILES string of the molecule is CCOCCC(=O)N/N=C(\C)c1ccc(C)cc1. The van der Waals surface area contributed by atoms with Crippen LogP contribution in [0.5, 0.6) is 0 Å². The van der Waals surface area contributed by atoms with Crippen LogP contribution in [0.25, 0.3) is 0 Å². The lowest BCUT2D eigenvalue weighted by Crippen LogP contribution is -2.20. The lowest BCUT2D eigenvalue weighted by molar-refractivity contribution is -0.122. The summed E-state index contributed by atoms with van der Waals surface area (Å²) in [4.78, 5) is 11.4. The zero-order valence-corrected chi connectivity index (χ0v) is 11.2. The van der Waals surface area contributed by atoms with Gasteiger partial charge in [0, 0.05) is 6.61 Å². The molecule has 0 bridgehead atoms. The third-order valence-electron chi connectivity index (χ3n) is 2.50. The van der Waals surface area contributed by atoms with Crippen molar-refractivity contribution in [2.75, 3.05) is 13.2 Å². The Labute approximate surface area is 108 Å². The van der Waals surface area contributed by atoms with E-state index in [9.17, 15) is 4.79 Å². The Kier molecular flexibility index (Phi) is 6.08. The average molecular weight is 248 g/mol. The number of hydrazone groups is 1. The molecule has 98 valence electrons.